The largest absolute Gasteiger partial charge is 0.583 e. The highest BCUT2D eigenvalue weighted by Crippen LogP contribution is 2.00. The number of hydrogen-bond donors (Lipinski definition) is 1. The summed E-state index contributed by atoms with van der Waals surface area (Å²) in [7, 11) is -0.622. The van der Waals surface area contributed by atoms with E-state index in [1.807, 2.05) is 0 Å². The smallest absolute Gasteiger partial charge is 0.360 e. The fourth-order valence-corrected chi connectivity index (χ4v) is 1.52. The second kappa shape index (κ2) is 6.53. The van der Waals surface area contributed by atoms with Crippen LogP contribution in [0.1, 0.15) is 17.4 Å². The van der Waals surface area contributed by atoms with E-state index in [1.54, 1.807) is 6.92 Å². The summed E-state index contributed by atoms with van der Waals surface area (Å²) >= 11 is 0. The molecular weight excluding hydrogens is 239 g/mol. The van der Waals surface area contributed by atoms with E-state index in [2.05, 4.69) is 10.5 Å². The SMILES string of the molecule is CCOC(=O)c1cc([B-]2OCCNCCO2)on1. The normalized spacial score (nSPS) is 18.1. The highest BCUT2D eigenvalue weighted by molar-refractivity contribution is 6.59. The molecule has 1 saturated heterocycles. The molecule has 0 saturated carbocycles. The molecule has 1 aromatic rings. The van der Waals surface area contributed by atoms with Crippen molar-refractivity contribution in [2.75, 3.05) is 32.9 Å². The van der Waals surface area contributed by atoms with Gasteiger partial charge in [0.15, 0.2) is 5.69 Å². The number of carbonyl (C=O) groups excluding carboxylic acids is 1. The van der Waals surface area contributed by atoms with Gasteiger partial charge in [-0.15, -0.1) is 0 Å². The number of ether oxygens (including phenoxy) is 1. The van der Waals surface area contributed by atoms with Gasteiger partial charge in [0.25, 0.3) is 0 Å². The van der Waals surface area contributed by atoms with Gasteiger partial charge in [-0.3, -0.25) is 0 Å². The lowest BCUT2D eigenvalue weighted by Gasteiger charge is -2.30. The number of aromatic nitrogens is 1. The maximum absolute atomic E-state index is 11.4. The maximum atomic E-state index is 11.4. The molecular formula is C10H15BN2O5-. The van der Waals surface area contributed by atoms with Crippen LogP contribution in [0.5, 0.6) is 0 Å². The van der Waals surface area contributed by atoms with Crippen molar-refractivity contribution in [1.29, 1.82) is 0 Å². The Morgan fingerprint density at radius 1 is 1.50 bits per heavy atom. The Balaban J connectivity index is 2.01. The molecule has 2 heterocycles. The summed E-state index contributed by atoms with van der Waals surface area (Å²) in [4.78, 5) is 11.4. The van der Waals surface area contributed by atoms with Gasteiger partial charge in [0, 0.05) is 32.0 Å². The molecule has 0 unspecified atom stereocenters. The summed E-state index contributed by atoms with van der Waals surface area (Å²) in [5.74, 6) is -0.514. The van der Waals surface area contributed by atoms with Crippen molar-refractivity contribution in [3.8, 4) is 0 Å². The highest BCUT2D eigenvalue weighted by atomic mass is 16.6. The van der Waals surface area contributed by atoms with Crippen LogP contribution in [0.15, 0.2) is 10.6 Å². The van der Waals surface area contributed by atoms with Crippen molar-refractivity contribution >= 4 is 18.7 Å². The average Bonchev–Trinajstić information content (AvgIpc) is 2.78. The number of nitrogens with one attached hydrogen (secondary N) is 1. The molecule has 0 spiro atoms. The fraction of sp³-hybridized carbons (Fsp3) is 0.600. The number of nitrogens with zero attached hydrogens (tertiary/aromatic N) is 1. The lowest BCUT2D eigenvalue weighted by Crippen LogP contribution is -2.42. The molecule has 1 aliphatic rings. The Hall–Kier alpha value is -1.38. The second-order valence-electron chi connectivity index (χ2n) is 3.66. The van der Waals surface area contributed by atoms with E-state index in [9.17, 15) is 4.79 Å². The third kappa shape index (κ3) is 3.31. The molecule has 1 fully saturated rings. The average molecular weight is 254 g/mol. The standard InChI is InChI=1S/C10H15BN2O5/c1-2-15-10(14)8-7-9(18-13-8)11-16-5-3-12-4-6-17-11/h7,12H,2-6H2,1H3/q-1. The summed E-state index contributed by atoms with van der Waals surface area (Å²) in [5.41, 5.74) is 0.499. The third-order valence-corrected chi connectivity index (χ3v) is 2.34. The Bertz CT molecular complexity index is 389. The monoisotopic (exact) mass is 254 g/mol. The Kier molecular flexibility index (Phi) is 4.74. The van der Waals surface area contributed by atoms with Crippen molar-refractivity contribution in [2.24, 2.45) is 0 Å². The molecule has 18 heavy (non-hydrogen) atoms. The van der Waals surface area contributed by atoms with Crippen LogP contribution in [0, 0.1) is 0 Å². The van der Waals surface area contributed by atoms with Gasteiger partial charge in [0.1, 0.15) is 0 Å². The van der Waals surface area contributed by atoms with Crippen LogP contribution < -0.4 is 11.0 Å². The second-order valence-corrected chi connectivity index (χ2v) is 3.66. The molecule has 0 atom stereocenters. The summed E-state index contributed by atoms with van der Waals surface area (Å²) in [5, 5.41) is 6.77. The summed E-state index contributed by atoms with van der Waals surface area (Å²) < 4.78 is 20.8. The van der Waals surface area contributed by atoms with Gasteiger partial charge < -0.3 is 23.9 Å². The molecule has 1 radical (unpaired) electrons. The maximum Gasteiger partial charge on any atom is 0.360 e. The predicted octanol–water partition coefficient (Wildman–Crippen LogP) is -0.817. The topological polar surface area (TPSA) is 82.8 Å². The van der Waals surface area contributed by atoms with Gasteiger partial charge in [-0.2, -0.15) is 0 Å². The lowest BCUT2D eigenvalue weighted by molar-refractivity contribution is 0.0514. The number of carbonyl (C=O) groups is 1. The molecule has 99 valence electrons. The van der Waals surface area contributed by atoms with E-state index in [1.165, 1.54) is 6.07 Å². The molecule has 0 amide bonds. The first-order valence-corrected chi connectivity index (χ1v) is 5.89. The minimum Gasteiger partial charge on any atom is -0.583 e. The van der Waals surface area contributed by atoms with Crippen LogP contribution in [0.2, 0.25) is 0 Å². The number of rotatable bonds is 3. The fourth-order valence-electron chi connectivity index (χ4n) is 1.52. The van der Waals surface area contributed by atoms with Gasteiger partial charge in [-0.1, -0.05) is 5.16 Å². The summed E-state index contributed by atoms with van der Waals surface area (Å²) in [6.45, 7) is 4.52. The first-order valence-electron chi connectivity index (χ1n) is 5.89. The third-order valence-electron chi connectivity index (χ3n) is 2.34. The van der Waals surface area contributed by atoms with Crippen molar-refractivity contribution in [3.05, 3.63) is 11.8 Å². The lowest BCUT2D eigenvalue weighted by atomic mass is 9.85. The zero-order chi connectivity index (χ0) is 12.8. The number of hydrogen-bond acceptors (Lipinski definition) is 7. The van der Waals surface area contributed by atoms with Crippen LogP contribution in [-0.4, -0.2) is 51.2 Å². The quantitative estimate of drug-likeness (QED) is 0.557. The van der Waals surface area contributed by atoms with Gasteiger partial charge >= 0.3 is 5.97 Å². The van der Waals surface area contributed by atoms with Crippen LogP contribution in [0.3, 0.4) is 0 Å². The van der Waals surface area contributed by atoms with Crippen LogP contribution >= 0.6 is 0 Å². The highest BCUT2D eigenvalue weighted by Gasteiger charge is 2.16. The molecule has 1 aromatic heterocycles. The Labute approximate surface area is 105 Å². The van der Waals surface area contributed by atoms with E-state index >= 15 is 0 Å². The molecule has 0 aliphatic carbocycles. The molecule has 1 aliphatic heterocycles. The van der Waals surface area contributed by atoms with E-state index in [0.717, 1.165) is 13.1 Å². The van der Waals surface area contributed by atoms with E-state index in [4.69, 9.17) is 18.6 Å². The minimum absolute atomic E-state index is 0.124. The molecule has 2 rings (SSSR count). The molecule has 0 bridgehead atoms. The van der Waals surface area contributed by atoms with E-state index in [0.29, 0.717) is 25.5 Å². The molecule has 8 heteroatoms. The minimum atomic E-state index is -0.622. The zero-order valence-corrected chi connectivity index (χ0v) is 10.2. The molecule has 1 N–H and O–H groups in total. The molecule has 7 nitrogen and oxygen atoms in total. The van der Waals surface area contributed by atoms with Crippen molar-refractivity contribution < 1.29 is 23.4 Å². The summed E-state index contributed by atoms with van der Waals surface area (Å²) in [6.07, 6.45) is 0. The van der Waals surface area contributed by atoms with Gasteiger partial charge in [-0.25, -0.2) is 4.79 Å². The first kappa shape index (κ1) is 13.1. The van der Waals surface area contributed by atoms with Crippen molar-refractivity contribution in [3.63, 3.8) is 0 Å². The Morgan fingerprint density at radius 3 is 2.89 bits per heavy atom. The van der Waals surface area contributed by atoms with Gasteiger partial charge in [0.2, 0.25) is 7.12 Å². The van der Waals surface area contributed by atoms with Crippen LogP contribution in [0.25, 0.3) is 0 Å². The van der Waals surface area contributed by atoms with Crippen LogP contribution in [-0.2, 0) is 14.0 Å². The van der Waals surface area contributed by atoms with E-state index in [-0.39, 0.29) is 5.69 Å². The summed E-state index contributed by atoms with van der Waals surface area (Å²) in [6, 6.07) is 1.48. The first-order chi connectivity index (χ1) is 8.81. The van der Waals surface area contributed by atoms with Gasteiger partial charge in [0.05, 0.1) is 6.61 Å². The van der Waals surface area contributed by atoms with Crippen molar-refractivity contribution in [2.45, 2.75) is 6.92 Å². The number of esters is 1. The van der Waals surface area contributed by atoms with Crippen LogP contribution in [0.4, 0.5) is 0 Å². The zero-order valence-electron chi connectivity index (χ0n) is 10.2. The Morgan fingerprint density at radius 2 is 2.22 bits per heavy atom. The molecule has 0 aromatic carbocycles. The van der Waals surface area contributed by atoms with E-state index < -0.39 is 13.1 Å². The van der Waals surface area contributed by atoms with Gasteiger partial charge in [-0.05, 0) is 13.0 Å². The predicted molar refractivity (Wildman–Crippen MR) is 62.6 cm³/mol. The van der Waals surface area contributed by atoms with Crippen molar-refractivity contribution in [1.82, 2.24) is 10.5 Å².